The van der Waals surface area contributed by atoms with Crippen LogP contribution in [0.1, 0.15) is 130 Å². The van der Waals surface area contributed by atoms with Gasteiger partial charge >= 0.3 is 0 Å². The zero-order valence-electron chi connectivity index (χ0n) is 23.1. The van der Waals surface area contributed by atoms with E-state index in [1.54, 1.807) is 0 Å². The fourth-order valence-electron chi connectivity index (χ4n) is 3.84. The molecule has 0 rings (SSSR count). The van der Waals surface area contributed by atoms with Crippen molar-refractivity contribution >= 4 is 23.6 Å². The van der Waals surface area contributed by atoms with Crippen LogP contribution in [0.4, 0.5) is 0 Å². The maximum atomic E-state index is 12.3. The number of hydrogen-bond donors (Lipinski definition) is 5. The van der Waals surface area contributed by atoms with Crippen molar-refractivity contribution in [3.63, 3.8) is 0 Å². The van der Waals surface area contributed by atoms with Gasteiger partial charge in [0.1, 0.15) is 0 Å². The van der Waals surface area contributed by atoms with Crippen molar-refractivity contribution in [3.8, 4) is 0 Å². The van der Waals surface area contributed by atoms with Crippen LogP contribution < -0.4 is 21.7 Å². The van der Waals surface area contributed by atoms with Crippen LogP contribution in [0.2, 0.25) is 0 Å². The molecule has 0 spiro atoms. The second-order valence-electron chi connectivity index (χ2n) is 9.89. The molecule has 4 amide bonds. The van der Waals surface area contributed by atoms with E-state index in [1.807, 2.05) is 0 Å². The fourth-order valence-corrected chi connectivity index (χ4v) is 3.84. The van der Waals surface area contributed by atoms with Gasteiger partial charge in [0, 0.05) is 12.8 Å². The van der Waals surface area contributed by atoms with E-state index < -0.39 is 29.8 Å². The second-order valence-corrected chi connectivity index (χ2v) is 9.89. The Labute approximate surface area is 218 Å². The Hall–Kier alpha value is -2.16. The van der Waals surface area contributed by atoms with Crippen molar-refractivity contribution in [1.29, 1.82) is 0 Å². The van der Waals surface area contributed by atoms with E-state index >= 15 is 0 Å². The molecule has 9 nitrogen and oxygen atoms in total. The highest BCUT2D eigenvalue weighted by Gasteiger charge is 2.31. The Balaban J connectivity index is 4.09. The molecule has 0 fully saturated rings. The van der Waals surface area contributed by atoms with Crippen molar-refractivity contribution in [2.75, 3.05) is 0 Å². The maximum absolute atomic E-state index is 12.3. The molecule has 210 valence electrons. The Kier molecular flexibility index (Phi) is 20.7. The summed E-state index contributed by atoms with van der Waals surface area (Å²) in [6.45, 7) is 7.30. The van der Waals surface area contributed by atoms with Gasteiger partial charge in [-0.3, -0.25) is 40.9 Å². The minimum absolute atomic E-state index is 0.284. The smallest absolute Gasteiger partial charge is 0.243 e. The molecule has 0 radical (unpaired) electrons. The number of rotatable bonds is 20. The summed E-state index contributed by atoms with van der Waals surface area (Å²) in [4.78, 5) is 48.5. The predicted octanol–water partition coefficient (Wildman–Crippen LogP) is 4.20. The molecule has 0 aliphatic heterocycles. The van der Waals surface area contributed by atoms with Gasteiger partial charge in [0.05, 0.1) is 17.9 Å². The molecular weight excluding hydrogens is 460 g/mol. The monoisotopic (exact) mass is 512 g/mol. The van der Waals surface area contributed by atoms with E-state index in [2.05, 4.69) is 35.6 Å². The summed E-state index contributed by atoms with van der Waals surface area (Å²) in [5.74, 6) is -3.61. The van der Waals surface area contributed by atoms with Crippen molar-refractivity contribution in [2.45, 2.75) is 137 Å². The molecular formula is C27H52N4O5. The fraction of sp³-hybridized carbons (Fsp3) is 0.852. The number of amides is 4. The molecule has 9 heteroatoms. The van der Waals surface area contributed by atoms with Crippen molar-refractivity contribution in [1.82, 2.24) is 21.7 Å². The van der Waals surface area contributed by atoms with Gasteiger partial charge in [-0.2, -0.15) is 0 Å². The van der Waals surface area contributed by atoms with E-state index in [9.17, 15) is 24.3 Å². The third-order valence-electron chi connectivity index (χ3n) is 6.52. The van der Waals surface area contributed by atoms with Crippen LogP contribution in [0.5, 0.6) is 0 Å². The Morgan fingerprint density at radius 1 is 0.528 bits per heavy atom. The van der Waals surface area contributed by atoms with Crippen LogP contribution >= 0.6 is 0 Å². The molecule has 1 unspecified atom stereocenters. The first-order chi connectivity index (χ1) is 17.2. The van der Waals surface area contributed by atoms with Crippen LogP contribution in [0.3, 0.4) is 0 Å². The summed E-state index contributed by atoms with van der Waals surface area (Å²) in [5.41, 5.74) is 9.38. The first-order valence-electron chi connectivity index (χ1n) is 14.1. The minimum atomic E-state index is -1.29. The largest absolute Gasteiger partial charge is 0.391 e. The van der Waals surface area contributed by atoms with Gasteiger partial charge < -0.3 is 5.11 Å². The molecule has 3 atom stereocenters. The first kappa shape index (κ1) is 33.8. The zero-order valence-corrected chi connectivity index (χ0v) is 23.1. The molecule has 0 saturated carbocycles. The van der Waals surface area contributed by atoms with Gasteiger partial charge in [-0.15, -0.1) is 0 Å². The number of hydrogen-bond acceptors (Lipinski definition) is 5. The standard InChI is InChI=1S/C27H52N4O5/c1-5-7-9-11-13-15-17-19-23(32)28-30-26(35)21(3)25(34)22(4)27(36)31-29-24(33)20-18-16-14-12-10-8-6-2/h21-22,25,34H,5-20H2,1-4H3,(H,28,32)(H,29,33)(H,30,35)(H,31,36)/t21-,22+,25?. The average Bonchev–Trinajstić information content (AvgIpc) is 2.87. The third-order valence-corrected chi connectivity index (χ3v) is 6.52. The Bertz CT molecular complexity index is 577. The quantitative estimate of drug-likeness (QED) is 0.123. The van der Waals surface area contributed by atoms with E-state index in [0.717, 1.165) is 38.5 Å². The van der Waals surface area contributed by atoms with E-state index in [1.165, 1.54) is 65.2 Å². The van der Waals surface area contributed by atoms with Crippen molar-refractivity contribution < 1.29 is 24.3 Å². The molecule has 0 aromatic carbocycles. The topological polar surface area (TPSA) is 137 Å². The lowest BCUT2D eigenvalue weighted by Crippen LogP contribution is -2.51. The number of carbonyl (C=O) groups excluding carboxylic acids is 4. The molecule has 0 saturated heterocycles. The number of hydrazine groups is 2. The molecule has 0 aromatic heterocycles. The maximum Gasteiger partial charge on any atom is 0.243 e. The second kappa shape index (κ2) is 22.1. The van der Waals surface area contributed by atoms with Crippen LogP contribution in [0.15, 0.2) is 0 Å². The van der Waals surface area contributed by atoms with Crippen LogP contribution in [0, 0.1) is 11.8 Å². The molecule has 5 N–H and O–H groups in total. The minimum Gasteiger partial charge on any atom is -0.391 e. The zero-order chi connectivity index (χ0) is 27.2. The SMILES string of the molecule is CCCCCCCCCC(=O)NNC(=O)[C@@H](C)C(O)[C@@H](C)C(=O)NNC(=O)CCCCCCCCC. The molecule has 0 heterocycles. The van der Waals surface area contributed by atoms with E-state index in [4.69, 9.17) is 0 Å². The van der Waals surface area contributed by atoms with Gasteiger partial charge in [-0.25, -0.2) is 0 Å². The van der Waals surface area contributed by atoms with E-state index in [0.29, 0.717) is 12.8 Å². The summed E-state index contributed by atoms with van der Waals surface area (Å²) in [5, 5.41) is 10.4. The number of aliphatic hydroxyl groups is 1. The van der Waals surface area contributed by atoms with Gasteiger partial charge in [0.15, 0.2) is 0 Å². The van der Waals surface area contributed by atoms with Crippen molar-refractivity contribution in [3.05, 3.63) is 0 Å². The summed E-state index contributed by atoms with van der Waals surface area (Å²) in [7, 11) is 0. The van der Waals surface area contributed by atoms with Gasteiger partial charge in [0.2, 0.25) is 23.6 Å². The van der Waals surface area contributed by atoms with Crippen LogP contribution in [-0.4, -0.2) is 34.8 Å². The summed E-state index contributed by atoms with van der Waals surface area (Å²) in [6, 6.07) is 0. The number of unbranched alkanes of at least 4 members (excludes halogenated alkanes) is 12. The average molecular weight is 513 g/mol. The van der Waals surface area contributed by atoms with E-state index in [-0.39, 0.29) is 11.8 Å². The molecule has 0 aliphatic carbocycles. The molecule has 0 aromatic rings. The summed E-state index contributed by atoms with van der Waals surface area (Å²) < 4.78 is 0. The van der Waals surface area contributed by atoms with Crippen molar-refractivity contribution in [2.24, 2.45) is 11.8 Å². The number of aliphatic hydroxyl groups excluding tert-OH is 1. The Morgan fingerprint density at radius 3 is 1.17 bits per heavy atom. The first-order valence-corrected chi connectivity index (χ1v) is 14.1. The summed E-state index contributed by atoms with van der Waals surface area (Å²) >= 11 is 0. The Morgan fingerprint density at radius 2 is 0.833 bits per heavy atom. The lowest BCUT2D eigenvalue weighted by Gasteiger charge is -2.23. The van der Waals surface area contributed by atoms with Crippen LogP contribution in [0.25, 0.3) is 0 Å². The molecule has 36 heavy (non-hydrogen) atoms. The predicted molar refractivity (Wildman–Crippen MR) is 142 cm³/mol. The van der Waals surface area contributed by atoms with Gasteiger partial charge in [0.25, 0.3) is 0 Å². The highest BCUT2D eigenvalue weighted by Crippen LogP contribution is 2.14. The summed E-state index contributed by atoms with van der Waals surface area (Å²) in [6.07, 6.45) is 14.7. The van der Waals surface area contributed by atoms with Gasteiger partial charge in [-0.1, -0.05) is 105 Å². The third kappa shape index (κ3) is 17.3. The highest BCUT2D eigenvalue weighted by molar-refractivity contribution is 5.86. The number of nitrogens with one attached hydrogen (secondary N) is 4. The number of carbonyl (C=O) groups is 4. The lowest BCUT2D eigenvalue weighted by atomic mass is 9.92. The normalized spacial score (nSPS) is 13.4. The lowest BCUT2D eigenvalue weighted by molar-refractivity contribution is -0.139. The van der Waals surface area contributed by atoms with Gasteiger partial charge in [-0.05, 0) is 12.8 Å². The highest BCUT2D eigenvalue weighted by atomic mass is 16.3. The van der Waals surface area contributed by atoms with Crippen LogP contribution in [-0.2, 0) is 19.2 Å². The molecule has 0 bridgehead atoms. The molecule has 0 aliphatic rings.